The van der Waals surface area contributed by atoms with Crippen molar-refractivity contribution in [1.82, 2.24) is 9.80 Å². The summed E-state index contributed by atoms with van der Waals surface area (Å²) in [4.78, 5) is 15.4. The highest BCUT2D eigenvalue weighted by atomic mass is 16.4. The first-order chi connectivity index (χ1) is 9.69. The van der Waals surface area contributed by atoms with Crippen LogP contribution in [0.4, 0.5) is 0 Å². The molecule has 1 fully saturated rings. The zero-order chi connectivity index (χ0) is 14.4. The lowest BCUT2D eigenvalue weighted by Gasteiger charge is -2.29. The highest BCUT2D eigenvalue weighted by Crippen LogP contribution is 2.18. The van der Waals surface area contributed by atoms with E-state index in [0.717, 1.165) is 39.0 Å². The molecule has 0 amide bonds. The van der Waals surface area contributed by atoms with Crippen molar-refractivity contribution in [1.29, 1.82) is 0 Å². The maximum Gasteiger partial charge on any atom is 0.317 e. The summed E-state index contributed by atoms with van der Waals surface area (Å²) >= 11 is 0. The minimum atomic E-state index is -0.719. The Bertz CT molecular complexity index is 422. The van der Waals surface area contributed by atoms with Crippen LogP contribution >= 0.6 is 0 Å². The number of rotatable bonds is 7. The normalized spacial score (nSPS) is 19.6. The van der Waals surface area contributed by atoms with Crippen molar-refractivity contribution in [2.75, 3.05) is 26.2 Å². The minimum Gasteiger partial charge on any atom is -0.480 e. The summed E-state index contributed by atoms with van der Waals surface area (Å²) in [7, 11) is 0. The molecule has 1 aromatic carbocycles. The lowest BCUT2D eigenvalue weighted by molar-refractivity contribution is -0.138. The molecule has 110 valence electrons. The van der Waals surface area contributed by atoms with Gasteiger partial charge < -0.3 is 5.11 Å². The molecule has 1 aliphatic rings. The molecule has 0 radical (unpaired) electrons. The van der Waals surface area contributed by atoms with E-state index >= 15 is 0 Å². The minimum absolute atomic E-state index is 0.174. The van der Waals surface area contributed by atoms with Crippen LogP contribution in [0.15, 0.2) is 30.3 Å². The molecule has 1 saturated heterocycles. The van der Waals surface area contributed by atoms with E-state index in [1.165, 1.54) is 5.56 Å². The Morgan fingerprint density at radius 2 is 2.15 bits per heavy atom. The molecule has 1 aromatic rings. The van der Waals surface area contributed by atoms with E-state index in [2.05, 4.69) is 41.0 Å². The number of likely N-dealkylation sites (tertiary alicyclic amines) is 1. The summed E-state index contributed by atoms with van der Waals surface area (Å²) in [6.45, 7) is 6.15. The largest absolute Gasteiger partial charge is 0.480 e. The molecule has 1 atom stereocenters. The summed E-state index contributed by atoms with van der Waals surface area (Å²) in [5, 5.41) is 8.96. The summed E-state index contributed by atoms with van der Waals surface area (Å²) in [5.74, 6) is -0.719. The molecule has 0 bridgehead atoms. The fourth-order valence-corrected chi connectivity index (χ4v) is 2.93. The van der Waals surface area contributed by atoms with Crippen LogP contribution in [0.5, 0.6) is 0 Å². The summed E-state index contributed by atoms with van der Waals surface area (Å²) in [6.07, 6.45) is 2.22. The number of carbonyl (C=O) groups is 1. The average Bonchev–Trinajstić information content (AvgIpc) is 2.85. The Labute approximate surface area is 121 Å². The van der Waals surface area contributed by atoms with Crippen LogP contribution in [-0.2, 0) is 11.3 Å². The quantitative estimate of drug-likeness (QED) is 0.828. The van der Waals surface area contributed by atoms with E-state index in [0.29, 0.717) is 6.04 Å². The van der Waals surface area contributed by atoms with Gasteiger partial charge >= 0.3 is 5.97 Å². The predicted octanol–water partition coefficient (Wildman–Crippen LogP) is 2.06. The van der Waals surface area contributed by atoms with Crippen LogP contribution < -0.4 is 0 Å². The number of nitrogens with zero attached hydrogens (tertiary/aromatic N) is 2. The van der Waals surface area contributed by atoms with Crippen LogP contribution in [0.2, 0.25) is 0 Å². The van der Waals surface area contributed by atoms with Gasteiger partial charge in [0.25, 0.3) is 0 Å². The van der Waals surface area contributed by atoms with Gasteiger partial charge in [-0.1, -0.05) is 37.3 Å². The first-order valence-corrected chi connectivity index (χ1v) is 7.41. The molecule has 0 spiro atoms. The average molecular weight is 276 g/mol. The number of carboxylic acids is 1. The molecule has 4 heteroatoms. The molecule has 0 saturated carbocycles. The summed E-state index contributed by atoms with van der Waals surface area (Å²) in [6, 6.07) is 10.8. The number of aliphatic carboxylic acids is 1. The van der Waals surface area contributed by atoms with E-state index in [4.69, 9.17) is 5.11 Å². The maximum absolute atomic E-state index is 10.9. The monoisotopic (exact) mass is 276 g/mol. The Morgan fingerprint density at radius 3 is 2.80 bits per heavy atom. The molecule has 1 heterocycles. The van der Waals surface area contributed by atoms with Crippen LogP contribution in [0.1, 0.15) is 25.3 Å². The standard InChI is InChI=1S/C16H24N2O2/c1-2-17(11-14-7-4-3-5-8-14)12-15-9-6-10-18(15)13-16(19)20/h3-5,7-8,15H,2,6,9-13H2,1H3,(H,19,20)/t15-/m0/s1. The Morgan fingerprint density at radius 1 is 1.40 bits per heavy atom. The summed E-state index contributed by atoms with van der Waals surface area (Å²) < 4.78 is 0. The third kappa shape index (κ3) is 4.32. The highest BCUT2D eigenvalue weighted by Gasteiger charge is 2.27. The van der Waals surface area contributed by atoms with Gasteiger partial charge in [-0.15, -0.1) is 0 Å². The van der Waals surface area contributed by atoms with E-state index < -0.39 is 5.97 Å². The van der Waals surface area contributed by atoms with E-state index in [-0.39, 0.29) is 6.54 Å². The maximum atomic E-state index is 10.9. The Hall–Kier alpha value is -1.39. The van der Waals surface area contributed by atoms with Crippen molar-refractivity contribution in [2.45, 2.75) is 32.4 Å². The molecule has 1 N–H and O–H groups in total. The van der Waals surface area contributed by atoms with Crippen LogP contribution in [-0.4, -0.2) is 53.1 Å². The second-order valence-electron chi connectivity index (χ2n) is 5.47. The lowest BCUT2D eigenvalue weighted by Crippen LogP contribution is -2.42. The number of benzene rings is 1. The zero-order valence-corrected chi connectivity index (χ0v) is 12.2. The van der Waals surface area contributed by atoms with Gasteiger partial charge in [0.2, 0.25) is 0 Å². The number of hydrogen-bond donors (Lipinski definition) is 1. The van der Waals surface area contributed by atoms with E-state index in [1.807, 2.05) is 6.07 Å². The van der Waals surface area contributed by atoms with E-state index in [9.17, 15) is 4.79 Å². The highest BCUT2D eigenvalue weighted by molar-refractivity contribution is 5.69. The van der Waals surface area contributed by atoms with Crippen LogP contribution in [0.3, 0.4) is 0 Å². The lowest BCUT2D eigenvalue weighted by atomic mass is 10.1. The SMILES string of the molecule is CCN(Cc1ccccc1)C[C@@H]1CCCN1CC(=O)O. The smallest absolute Gasteiger partial charge is 0.317 e. The van der Waals surface area contributed by atoms with Gasteiger partial charge in [0.15, 0.2) is 0 Å². The number of likely N-dealkylation sites (N-methyl/N-ethyl adjacent to an activating group) is 1. The van der Waals surface area contributed by atoms with E-state index in [1.54, 1.807) is 0 Å². The van der Waals surface area contributed by atoms with Crippen molar-refractivity contribution >= 4 is 5.97 Å². The molecular formula is C16H24N2O2. The molecule has 2 rings (SSSR count). The third-order valence-electron chi connectivity index (χ3n) is 4.00. The molecule has 0 aliphatic carbocycles. The topological polar surface area (TPSA) is 43.8 Å². The van der Waals surface area contributed by atoms with Crippen molar-refractivity contribution in [2.24, 2.45) is 0 Å². The van der Waals surface area contributed by atoms with Gasteiger partial charge in [-0.3, -0.25) is 14.6 Å². The second kappa shape index (κ2) is 7.41. The van der Waals surface area contributed by atoms with Gasteiger partial charge in [0.05, 0.1) is 6.54 Å². The predicted molar refractivity (Wildman–Crippen MR) is 79.6 cm³/mol. The zero-order valence-electron chi connectivity index (χ0n) is 12.2. The first-order valence-electron chi connectivity index (χ1n) is 7.41. The van der Waals surface area contributed by atoms with Crippen molar-refractivity contribution in [3.8, 4) is 0 Å². The van der Waals surface area contributed by atoms with Gasteiger partial charge in [-0.2, -0.15) is 0 Å². The van der Waals surface area contributed by atoms with Crippen LogP contribution in [0, 0.1) is 0 Å². The third-order valence-corrected chi connectivity index (χ3v) is 4.00. The molecule has 4 nitrogen and oxygen atoms in total. The summed E-state index contributed by atoms with van der Waals surface area (Å²) in [5.41, 5.74) is 1.32. The van der Waals surface area contributed by atoms with Crippen molar-refractivity contribution in [3.63, 3.8) is 0 Å². The molecule has 1 aliphatic heterocycles. The van der Waals surface area contributed by atoms with Gasteiger partial charge in [-0.05, 0) is 31.5 Å². The Kier molecular flexibility index (Phi) is 5.56. The van der Waals surface area contributed by atoms with Gasteiger partial charge in [0, 0.05) is 19.1 Å². The first kappa shape index (κ1) is 15.0. The van der Waals surface area contributed by atoms with Crippen LogP contribution in [0.25, 0.3) is 0 Å². The fourth-order valence-electron chi connectivity index (χ4n) is 2.93. The molecule has 0 unspecified atom stereocenters. The number of hydrogen-bond acceptors (Lipinski definition) is 3. The fraction of sp³-hybridized carbons (Fsp3) is 0.562. The second-order valence-corrected chi connectivity index (χ2v) is 5.47. The van der Waals surface area contributed by atoms with Gasteiger partial charge in [0.1, 0.15) is 0 Å². The Balaban J connectivity index is 1.90. The molecule has 20 heavy (non-hydrogen) atoms. The molecular weight excluding hydrogens is 252 g/mol. The van der Waals surface area contributed by atoms with Gasteiger partial charge in [-0.25, -0.2) is 0 Å². The van der Waals surface area contributed by atoms with Crippen molar-refractivity contribution in [3.05, 3.63) is 35.9 Å². The van der Waals surface area contributed by atoms with Crippen molar-refractivity contribution < 1.29 is 9.90 Å². The number of carboxylic acid groups (broad SMARTS) is 1. The molecule has 0 aromatic heterocycles.